The second kappa shape index (κ2) is 5.32. The van der Waals surface area contributed by atoms with Gasteiger partial charge < -0.3 is 5.32 Å². The fourth-order valence-electron chi connectivity index (χ4n) is 1.27. The van der Waals surface area contributed by atoms with Crippen molar-refractivity contribution in [3.8, 4) is 0 Å². The molecule has 1 aromatic heterocycles. The molecule has 1 aromatic carbocycles. The molecular weight excluding hydrogens is 288 g/mol. The highest BCUT2D eigenvalue weighted by molar-refractivity contribution is 9.10. The van der Waals surface area contributed by atoms with Gasteiger partial charge in [0, 0.05) is 22.2 Å². The van der Waals surface area contributed by atoms with Gasteiger partial charge in [-0.25, -0.2) is 4.98 Å². The quantitative estimate of drug-likeness (QED) is 0.853. The third-order valence-corrected chi connectivity index (χ3v) is 2.89. The molecule has 0 unspecified atom stereocenters. The minimum absolute atomic E-state index is 0.539. The minimum Gasteiger partial charge on any atom is -0.340 e. The van der Waals surface area contributed by atoms with Crippen LogP contribution in [0.3, 0.4) is 0 Å². The van der Waals surface area contributed by atoms with E-state index in [0.29, 0.717) is 5.88 Å². The Morgan fingerprint density at radius 2 is 1.88 bits per heavy atom. The van der Waals surface area contributed by atoms with Crippen LogP contribution in [0.15, 0.2) is 47.1 Å². The van der Waals surface area contributed by atoms with Gasteiger partial charge in [-0.2, -0.15) is 0 Å². The molecule has 1 heterocycles. The van der Waals surface area contributed by atoms with E-state index in [1.54, 1.807) is 6.20 Å². The third kappa shape index (κ3) is 2.97. The van der Waals surface area contributed by atoms with Crippen molar-refractivity contribution in [1.29, 1.82) is 0 Å². The molecule has 0 radical (unpaired) electrons. The zero-order valence-electron chi connectivity index (χ0n) is 8.45. The van der Waals surface area contributed by atoms with E-state index in [4.69, 9.17) is 11.6 Å². The molecule has 0 fully saturated rings. The van der Waals surface area contributed by atoms with Crippen LogP contribution in [0.1, 0.15) is 5.56 Å². The van der Waals surface area contributed by atoms with E-state index in [1.165, 1.54) is 0 Å². The predicted molar refractivity (Wildman–Crippen MR) is 71.2 cm³/mol. The van der Waals surface area contributed by atoms with Crippen molar-refractivity contribution in [1.82, 2.24) is 4.98 Å². The summed E-state index contributed by atoms with van der Waals surface area (Å²) in [6.07, 6.45) is 1.76. The lowest BCUT2D eigenvalue weighted by molar-refractivity contribution is 1.29. The molecule has 4 heteroatoms. The monoisotopic (exact) mass is 296 g/mol. The lowest BCUT2D eigenvalue weighted by Gasteiger charge is -2.05. The summed E-state index contributed by atoms with van der Waals surface area (Å²) in [5, 5.41) is 3.21. The number of hydrogen-bond donors (Lipinski definition) is 1. The Balaban J connectivity index is 2.11. The zero-order valence-corrected chi connectivity index (χ0v) is 10.8. The van der Waals surface area contributed by atoms with Crippen molar-refractivity contribution in [2.45, 2.75) is 5.88 Å². The van der Waals surface area contributed by atoms with Crippen LogP contribution in [-0.4, -0.2) is 4.98 Å². The summed E-state index contributed by atoms with van der Waals surface area (Å²) in [4.78, 5) is 4.23. The van der Waals surface area contributed by atoms with Crippen LogP contribution in [-0.2, 0) is 5.88 Å². The van der Waals surface area contributed by atoms with Crippen molar-refractivity contribution < 1.29 is 0 Å². The van der Waals surface area contributed by atoms with Crippen LogP contribution in [0.5, 0.6) is 0 Å². The maximum Gasteiger partial charge on any atom is 0.130 e. The van der Waals surface area contributed by atoms with Gasteiger partial charge in [0.15, 0.2) is 0 Å². The summed E-state index contributed by atoms with van der Waals surface area (Å²) in [5.74, 6) is 1.36. The van der Waals surface area contributed by atoms with E-state index in [2.05, 4.69) is 26.2 Å². The molecule has 0 aliphatic rings. The number of pyridine rings is 1. The lowest BCUT2D eigenvalue weighted by Crippen LogP contribution is -1.92. The summed E-state index contributed by atoms with van der Waals surface area (Å²) < 4.78 is 0.968. The number of rotatable bonds is 3. The van der Waals surface area contributed by atoms with Crippen LogP contribution in [0.4, 0.5) is 11.5 Å². The largest absolute Gasteiger partial charge is 0.340 e. The number of benzene rings is 1. The third-order valence-electron chi connectivity index (χ3n) is 2.11. The van der Waals surface area contributed by atoms with E-state index in [0.717, 1.165) is 21.5 Å². The number of nitrogens with zero attached hydrogens (tertiary/aromatic N) is 1. The molecule has 1 N–H and O–H groups in total. The predicted octanol–water partition coefficient (Wildman–Crippen LogP) is 4.33. The number of nitrogens with one attached hydrogen (secondary N) is 1. The van der Waals surface area contributed by atoms with E-state index in [1.807, 2.05) is 36.4 Å². The molecule has 0 amide bonds. The van der Waals surface area contributed by atoms with Gasteiger partial charge in [-0.15, -0.1) is 11.6 Å². The molecule has 2 nitrogen and oxygen atoms in total. The van der Waals surface area contributed by atoms with Crippen molar-refractivity contribution in [2.75, 3.05) is 5.32 Å². The number of anilines is 2. The van der Waals surface area contributed by atoms with Crippen LogP contribution < -0.4 is 5.32 Å². The number of alkyl halides is 1. The smallest absolute Gasteiger partial charge is 0.130 e. The van der Waals surface area contributed by atoms with Crippen LogP contribution in [0.2, 0.25) is 0 Å². The Morgan fingerprint density at radius 3 is 2.44 bits per heavy atom. The molecule has 0 atom stereocenters. The maximum atomic E-state index is 5.72. The lowest BCUT2D eigenvalue weighted by atomic mass is 10.2. The van der Waals surface area contributed by atoms with Gasteiger partial charge in [0.1, 0.15) is 5.82 Å². The normalized spacial score (nSPS) is 10.1. The molecule has 2 rings (SSSR count). The SMILES string of the molecule is ClCc1ccc(Nc2ccc(Br)cn2)cc1. The molecule has 0 saturated carbocycles. The molecule has 0 aliphatic heterocycles. The highest BCUT2D eigenvalue weighted by Gasteiger charge is 1.96. The van der Waals surface area contributed by atoms with Gasteiger partial charge in [0.05, 0.1) is 0 Å². The van der Waals surface area contributed by atoms with E-state index in [9.17, 15) is 0 Å². The van der Waals surface area contributed by atoms with E-state index in [-0.39, 0.29) is 0 Å². The van der Waals surface area contributed by atoms with Crippen molar-refractivity contribution in [2.24, 2.45) is 0 Å². The molecule has 82 valence electrons. The standard InChI is InChI=1S/C12H10BrClN2/c13-10-3-6-12(15-8-10)16-11-4-1-9(7-14)2-5-11/h1-6,8H,7H2,(H,15,16). The molecule has 2 aromatic rings. The Labute approximate surface area is 108 Å². The van der Waals surface area contributed by atoms with Gasteiger partial charge >= 0.3 is 0 Å². The summed E-state index contributed by atoms with van der Waals surface area (Å²) in [6, 6.07) is 11.8. The summed E-state index contributed by atoms with van der Waals surface area (Å²) >= 11 is 9.06. The second-order valence-corrected chi connectivity index (χ2v) is 4.50. The van der Waals surface area contributed by atoms with Crippen LogP contribution in [0, 0.1) is 0 Å². The Morgan fingerprint density at radius 1 is 1.12 bits per heavy atom. The van der Waals surface area contributed by atoms with Gasteiger partial charge in [-0.05, 0) is 45.8 Å². The average molecular weight is 298 g/mol. The first kappa shape index (κ1) is 11.4. The fraction of sp³-hybridized carbons (Fsp3) is 0.0833. The molecule has 0 spiro atoms. The zero-order chi connectivity index (χ0) is 11.4. The van der Waals surface area contributed by atoms with Crippen molar-refractivity contribution in [3.05, 3.63) is 52.6 Å². The molecule has 0 saturated heterocycles. The highest BCUT2D eigenvalue weighted by atomic mass is 79.9. The fourth-order valence-corrected chi connectivity index (χ4v) is 1.69. The van der Waals surface area contributed by atoms with Gasteiger partial charge in [-0.3, -0.25) is 0 Å². The molecule has 0 bridgehead atoms. The van der Waals surface area contributed by atoms with Gasteiger partial charge in [0.25, 0.3) is 0 Å². The van der Waals surface area contributed by atoms with Gasteiger partial charge in [-0.1, -0.05) is 12.1 Å². The first-order valence-electron chi connectivity index (χ1n) is 4.81. The number of halogens is 2. The second-order valence-electron chi connectivity index (χ2n) is 3.32. The Kier molecular flexibility index (Phi) is 3.80. The summed E-state index contributed by atoms with van der Waals surface area (Å²) in [6.45, 7) is 0. The minimum atomic E-state index is 0.539. The first-order valence-corrected chi connectivity index (χ1v) is 6.14. The van der Waals surface area contributed by atoms with Crippen molar-refractivity contribution >= 4 is 39.0 Å². The Hall–Kier alpha value is -1.06. The molecular formula is C12H10BrClN2. The van der Waals surface area contributed by atoms with Crippen LogP contribution >= 0.6 is 27.5 Å². The van der Waals surface area contributed by atoms with Gasteiger partial charge in [0.2, 0.25) is 0 Å². The average Bonchev–Trinajstić information content (AvgIpc) is 2.33. The summed E-state index contributed by atoms with van der Waals surface area (Å²) in [5.41, 5.74) is 2.11. The van der Waals surface area contributed by atoms with Crippen molar-refractivity contribution in [3.63, 3.8) is 0 Å². The topological polar surface area (TPSA) is 24.9 Å². The summed E-state index contributed by atoms with van der Waals surface area (Å²) in [7, 11) is 0. The molecule has 0 aliphatic carbocycles. The molecule has 16 heavy (non-hydrogen) atoms. The van der Waals surface area contributed by atoms with E-state index >= 15 is 0 Å². The Bertz CT molecular complexity index is 453. The number of aromatic nitrogens is 1. The van der Waals surface area contributed by atoms with Crippen LogP contribution in [0.25, 0.3) is 0 Å². The van der Waals surface area contributed by atoms with E-state index < -0.39 is 0 Å². The first-order chi connectivity index (χ1) is 7.78. The number of hydrogen-bond acceptors (Lipinski definition) is 2. The highest BCUT2D eigenvalue weighted by Crippen LogP contribution is 2.17. The maximum absolute atomic E-state index is 5.72.